The summed E-state index contributed by atoms with van der Waals surface area (Å²) in [7, 11) is 0. The summed E-state index contributed by atoms with van der Waals surface area (Å²) >= 11 is 0. The van der Waals surface area contributed by atoms with E-state index in [1.165, 1.54) is 51.4 Å². The van der Waals surface area contributed by atoms with Crippen molar-refractivity contribution in [1.29, 1.82) is 0 Å². The van der Waals surface area contributed by atoms with Crippen LogP contribution in [-0.2, 0) is 11.2 Å². The lowest BCUT2D eigenvalue weighted by molar-refractivity contribution is 0.0217. The van der Waals surface area contributed by atoms with Crippen LogP contribution in [-0.4, -0.2) is 50.3 Å². The van der Waals surface area contributed by atoms with E-state index in [1.807, 2.05) is 12.1 Å². The molecule has 2 aliphatic heterocycles. The SMILES string of the molecule is I.c1coc(CCNC(=NCC2CCCCC2)N2CCC3(CCOCC3)C2)c1. The van der Waals surface area contributed by atoms with Gasteiger partial charge in [0.25, 0.3) is 0 Å². The van der Waals surface area contributed by atoms with Crippen LogP contribution in [0.3, 0.4) is 0 Å². The van der Waals surface area contributed by atoms with E-state index >= 15 is 0 Å². The molecule has 6 heteroatoms. The number of furan rings is 1. The van der Waals surface area contributed by atoms with Gasteiger partial charge in [-0.2, -0.15) is 0 Å². The molecule has 0 radical (unpaired) electrons. The zero-order chi connectivity index (χ0) is 18.4. The Bertz CT molecular complexity index is 593. The van der Waals surface area contributed by atoms with E-state index < -0.39 is 0 Å². The molecule has 3 aliphatic rings. The van der Waals surface area contributed by atoms with Gasteiger partial charge < -0.3 is 19.4 Å². The molecule has 158 valence electrons. The molecule has 1 aromatic rings. The van der Waals surface area contributed by atoms with Crippen LogP contribution < -0.4 is 5.32 Å². The molecular weight excluding hydrogens is 465 g/mol. The molecule has 0 amide bonds. The highest BCUT2D eigenvalue weighted by Crippen LogP contribution is 2.39. The predicted octanol–water partition coefficient (Wildman–Crippen LogP) is 4.47. The molecule has 2 saturated heterocycles. The number of nitrogens with one attached hydrogen (secondary N) is 1. The van der Waals surface area contributed by atoms with Gasteiger partial charge in [-0.25, -0.2) is 0 Å². The van der Waals surface area contributed by atoms with Gasteiger partial charge in [0.2, 0.25) is 0 Å². The molecule has 1 N–H and O–H groups in total. The molecule has 1 aromatic heterocycles. The highest BCUT2D eigenvalue weighted by molar-refractivity contribution is 14.0. The summed E-state index contributed by atoms with van der Waals surface area (Å²) in [6.45, 7) is 5.97. The summed E-state index contributed by atoms with van der Waals surface area (Å²) in [6, 6.07) is 4.01. The van der Waals surface area contributed by atoms with Gasteiger partial charge in [-0.05, 0) is 55.6 Å². The molecule has 1 aliphatic carbocycles. The lowest BCUT2D eigenvalue weighted by Crippen LogP contribution is -2.43. The minimum Gasteiger partial charge on any atom is -0.469 e. The van der Waals surface area contributed by atoms with Crippen molar-refractivity contribution in [2.75, 3.05) is 39.4 Å². The quantitative estimate of drug-likeness (QED) is 0.368. The Morgan fingerprint density at radius 3 is 2.75 bits per heavy atom. The van der Waals surface area contributed by atoms with Crippen LogP contribution in [0.2, 0.25) is 0 Å². The lowest BCUT2D eigenvalue weighted by Gasteiger charge is -2.33. The number of likely N-dealkylation sites (tertiary alicyclic amines) is 1. The maximum atomic E-state index is 5.61. The molecule has 1 spiro atoms. The smallest absolute Gasteiger partial charge is 0.193 e. The Balaban J connectivity index is 0.00000225. The van der Waals surface area contributed by atoms with E-state index in [-0.39, 0.29) is 24.0 Å². The Hall–Kier alpha value is -0.760. The minimum atomic E-state index is 0. The van der Waals surface area contributed by atoms with Crippen LogP contribution in [0.5, 0.6) is 0 Å². The Morgan fingerprint density at radius 2 is 2.00 bits per heavy atom. The molecule has 4 rings (SSSR count). The fraction of sp³-hybridized carbons (Fsp3) is 0.773. The first-order chi connectivity index (χ1) is 13.3. The molecule has 0 bridgehead atoms. The monoisotopic (exact) mass is 501 g/mol. The second-order valence-electron chi connectivity index (χ2n) is 8.71. The molecule has 5 nitrogen and oxygen atoms in total. The predicted molar refractivity (Wildman–Crippen MR) is 123 cm³/mol. The van der Waals surface area contributed by atoms with Crippen LogP contribution in [0.4, 0.5) is 0 Å². The third-order valence-electron chi connectivity index (χ3n) is 6.75. The van der Waals surface area contributed by atoms with Crippen molar-refractivity contribution in [3.8, 4) is 0 Å². The summed E-state index contributed by atoms with van der Waals surface area (Å²) < 4.78 is 11.1. The number of guanidine groups is 1. The normalized spacial score (nSPS) is 23.0. The van der Waals surface area contributed by atoms with Gasteiger partial charge >= 0.3 is 0 Å². The number of ether oxygens (including phenoxy) is 1. The third kappa shape index (κ3) is 5.88. The van der Waals surface area contributed by atoms with Crippen molar-refractivity contribution in [3.05, 3.63) is 24.2 Å². The van der Waals surface area contributed by atoms with Gasteiger partial charge in [0, 0.05) is 45.8 Å². The first-order valence-corrected chi connectivity index (χ1v) is 11.0. The fourth-order valence-electron chi connectivity index (χ4n) is 4.93. The zero-order valence-electron chi connectivity index (χ0n) is 17.0. The summed E-state index contributed by atoms with van der Waals surface area (Å²) in [5.41, 5.74) is 0.451. The summed E-state index contributed by atoms with van der Waals surface area (Å²) in [4.78, 5) is 7.61. The van der Waals surface area contributed by atoms with Crippen molar-refractivity contribution in [2.24, 2.45) is 16.3 Å². The van der Waals surface area contributed by atoms with E-state index in [0.717, 1.165) is 63.5 Å². The number of halogens is 1. The molecule has 1 saturated carbocycles. The van der Waals surface area contributed by atoms with Crippen LogP contribution in [0.15, 0.2) is 27.8 Å². The summed E-state index contributed by atoms with van der Waals surface area (Å²) in [5, 5.41) is 3.65. The average molecular weight is 501 g/mol. The number of nitrogens with zero attached hydrogens (tertiary/aromatic N) is 2. The van der Waals surface area contributed by atoms with E-state index in [2.05, 4.69) is 10.2 Å². The Kier molecular flexibility index (Phi) is 8.51. The van der Waals surface area contributed by atoms with Crippen LogP contribution in [0.25, 0.3) is 0 Å². The van der Waals surface area contributed by atoms with Crippen LogP contribution >= 0.6 is 24.0 Å². The average Bonchev–Trinajstić information content (AvgIpc) is 3.37. The van der Waals surface area contributed by atoms with Crippen LogP contribution in [0.1, 0.15) is 57.1 Å². The number of hydrogen-bond acceptors (Lipinski definition) is 3. The molecule has 3 fully saturated rings. The zero-order valence-corrected chi connectivity index (χ0v) is 19.4. The summed E-state index contributed by atoms with van der Waals surface area (Å²) in [5.74, 6) is 2.94. The van der Waals surface area contributed by atoms with E-state index in [4.69, 9.17) is 14.1 Å². The van der Waals surface area contributed by atoms with Crippen molar-refractivity contribution < 1.29 is 9.15 Å². The number of hydrogen-bond donors (Lipinski definition) is 1. The van der Waals surface area contributed by atoms with Gasteiger partial charge in [-0.1, -0.05) is 19.3 Å². The number of aliphatic imine (C=N–C) groups is 1. The maximum Gasteiger partial charge on any atom is 0.193 e. The molecule has 0 atom stereocenters. The van der Waals surface area contributed by atoms with Crippen LogP contribution in [0, 0.1) is 11.3 Å². The maximum absolute atomic E-state index is 5.61. The molecule has 3 heterocycles. The third-order valence-corrected chi connectivity index (χ3v) is 6.75. The van der Waals surface area contributed by atoms with Gasteiger partial charge in [0.05, 0.1) is 6.26 Å². The largest absolute Gasteiger partial charge is 0.469 e. The van der Waals surface area contributed by atoms with Gasteiger partial charge in [0.15, 0.2) is 5.96 Å². The second kappa shape index (κ2) is 10.9. The van der Waals surface area contributed by atoms with Crippen molar-refractivity contribution in [3.63, 3.8) is 0 Å². The minimum absolute atomic E-state index is 0. The highest BCUT2D eigenvalue weighted by atomic mass is 127. The first kappa shape index (κ1) is 21.9. The standard InChI is InChI=1S/C22H35N3O2.HI/c1-2-5-19(6-3-1)17-24-21(23-12-8-20-7-4-14-27-20)25-13-9-22(18-25)10-15-26-16-11-22;/h4,7,14,19H,1-3,5-6,8-13,15-18H2,(H,23,24);1H. The highest BCUT2D eigenvalue weighted by Gasteiger charge is 2.40. The molecule has 28 heavy (non-hydrogen) atoms. The van der Waals surface area contributed by atoms with E-state index in [1.54, 1.807) is 6.26 Å². The summed E-state index contributed by atoms with van der Waals surface area (Å²) in [6.07, 6.45) is 13.2. The molecule has 0 unspecified atom stereocenters. The van der Waals surface area contributed by atoms with Gasteiger partial charge in [0.1, 0.15) is 5.76 Å². The Labute approximate surface area is 186 Å². The Morgan fingerprint density at radius 1 is 1.18 bits per heavy atom. The molecule has 0 aromatic carbocycles. The number of rotatable bonds is 5. The van der Waals surface area contributed by atoms with Crippen molar-refractivity contribution >= 4 is 29.9 Å². The van der Waals surface area contributed by atoms with Crippen molar-refractivity contribution in [2.45, 2.75) is 57.8 Å². The molecular formula is C22H36IN3O2. The first-order valence-electron chi connectivity index (χ1n) is 11.0. The fourth-order valence-corrected chi connectivity index (χ4v) is 4.93. The van der Waals surface area contributed by atoms with Crippen molar-refractivity contribution in [1.82, 2.24) is 10.2 Å². The second-order valence-corrected chi connectivity index (χ2v) is 8.71. The van der Waals surface area contributed by atoms with E-state index in [0.29, 0.717) is 5.41 Å². The lowest BCUT2D eigenvalue weighted by atomic mass is 9.80. The van der Waals surface area contributed by atoms with Gasteiger partial charge in [-0.3, -0.25) is 4.99 Å². The topological polar surface area (TPSA) is 50.0 Å². The van der Waals surface area contributed by atoms with E-state index in [9.17, 15) is 0 Å². The van der Waals surface area contributed by atoms with Gasteiger partial charge in [-0.15, -0.1) is 24.0 Å².